The monoisotopic (exact) mass is 319 g/mol. The summed E-state index contributed by atoms with van der Waals surface area (Å²) in [7, 11) is -0.0112. The molecule has 0 radical (unpaired) electrons. The van der Waals surface area contributed by atoms with Crippen LogP contribution in [0.1, 0.15) is 12.8 Å². The number of rotatable bonds is 8. The second-order valence-electron chi connectivity index (χ2n) is 4.78. The van der Waals surface area contributed by atoms with E-state index in [4.69, 9.17) is 0 Å². The van der Waals surface area contributed by atoms with E-state index >= 15 is 0 Å². The highest BCUT2D eigenvalue weighted by molar-refractivity contribution is 7.89. The van der Waals surface area contributed by atoms with Crippen molar-refractivity contribution < 1.29 is 17.7 Å². The Morgan fingerprint density at radius 2 is 2.00 bits per heavy atom. The lowest BCUT2D eigenvalue weighted by molar-refractivity contribution is -0.387. The molecule has 0 aliphatic rings. The molecule has 1 aromatic carbocycles. The van der Waals surface area contributed by atoms with Crippen LogP contribution in [0.3, 0.4) is 0 Å². The third-order valence-electron chi connectivity index (χ3n) is 2.75. The number of hydrogen-bond acceptors (Lipinski definition) is 5. The Kier molecular flexibility index (Phi) is 6.19. The van der Waals surface area contributed by atoms with Crippen molar-refractivity contribution in [3.05, 3.63) is 34.1 Å². The minimum absolute atomic E-state index is 0.231. The second kappa shape index (κ2) is 7.43. The Morgan fingerprint density at radius 1 is 1.33 bits per heavy atom. The van der Waals surface area contributed by atoms with E-state index in [0.29, 0.717) is 12.5 Å². The molecule has 1 N–H and O–H groups in total. The van der Waals surface area contributed by atoms with Gasteiger partial charge in [-0.3, -0.25) is 10.1 Å². The zero-order valence-electron chi connectivity index (χ0n) is 11.9. The third kappa shape index (κ3) is 5.37. The molecule has 0 aromatic heterocycles. The van der Waals surface area contributed by atoms with Crippen molar-refractivity contribution >= 4 is 15.7 Å². The molecule has 1 aromatic rings. The maximum absolute atomic E-state index is 13.4. The molecule has 1 rings (SSSR count). The summed E-state index contributed by atoms with van der Waals surface area (Å²) < 4.78 is 39.6. The molecule has 0 spiro atoms. The van der Waals surface area contributed by atoms with Crippen molar-refractivity contribution in [2.45, 2.75) is 17.7 Å². The second-order valence-corrected chi connectivity index (χ2v) is 6.55. The van der Waals surface area contributed by atoms with Gasteiger partial charge in [-0.25, -0.2) is 13.1 Å². The van der Waals surface area contributed by atoms with Crippen LogP contribution in [-0.4, -0.2) is 45.4 Å². The average Bonchev–Trinajstić information content (AvgIpc) is 2.37. The molecular weight excluding hydrogens is 301 g/mol. The molecule has 0 saturated carbocycles. The number of benzene rings is 1. The van der Waals surface area contributed by atoms with Crippen molar-refractivity contribution in [2.75, 3.05) is 27.2 Å². The minimum Gasteiger partial charge on any atom is -0.309 e. The fourth-order valence-corrected chi connectivity index (χ4v) is 2.73. The molecule has 0 bridgehead atoms. The number of nitro groups is 1. The van der Waals surface area contributed by atoms with E-state index in [0.717, 1.165) is 25.1 Å². The highest BCUT2D eigenvalue weighted by atomic mass is 32.2. The molecular formula is C12H18FN3O4S. The van der Waals surface area contributed by atoms with Gasteiger partial charge in [-0.15, -0.1) is 0 Å². The van der Waals surface area contributed by atoms with E-state index in [1.807, 2.05) is 19.0 Å². The Bertz CT molecular complexity index is 605. The Balaban J connectivity index is 2.66. The van der Waals surface area contributed by atoms with Gasteiger partial charge in [-0.1, -0.05) is 0 Å². The number of unbranched alkanes of at least 4 members (excludes halogenated alkanes) is 1. The van der Waals surface area contributed by atoms with Gasteiger partial charge in [0.15, 0.2) is 0 Å². The molecule has 9 heteroatoms. The molecule has 0 heterocycles. The molecule has 0 amide bonds. The summed E-state index contributed by atoms with van der Waals surface area (Å²) in [5, 5.41) is 10.5. The summed E-state index contributed by atoms with van der Waals surface area (Å²) in [5.74, 6) is -1.17. The van der Waals surface area contributed by atoms with Gasteiger partial charge < -0.3 is 4.90 Å². The highest BCUT2D eigenvalue weighted by Crippen LogP contribution is 2.20. The van der Waals surface area contributed by atoms with Crippen molar-refractivity contribution in [1.82, 2.24) is 9.62 Å². The summed E-state index contributed by atoms with van der Waals surface area (Å²) in [6.07, 6.45) is 1.47. The van der Waals surface area contributed by atoms with Crippen LogP contribution in [-0.2, 0) is 10.0 Å². The van der Waals surface area contributed by atoms with E-state index in [1.165, 1.54) is 0 Å². The largest absolute Gasteiger partial charge is 0.309 e. The summed E-state index contributed by atoms with van der Waals surface area (Å²) in [5.41, 5.74) is -0.750. The summed E-state index contributed by atoms with van der Waals surface area (Å²) in [6, 6.07) is 2.51. The van der Waals surface area contributed by atoms with E-state index in [-0.39, 0.29) is 11.4 Å². The van der Waals surface area contributed by atoms with E-state index in [1.54, 1.807) is 0 Å². The number of nitro benzene ring substituents is 1. The van der Waals surface area contributed by atoms with Gasteiger partial charge in [-0.2, -0.15) is 4.39 Å². The predicted molar refractivity (Wildman–Crippen MR) is 76.0 cm³/mol. The Hall–Kier alpha value is -1.58. The molecule has 0 saturated heterocycles. The van der Waals surface area contributed by atoms with Gasteiger partial charge in [0, 0.05) is 18.7 Å². The number of halogens is 1. The van der Waals surface area contributed by atoms with Gasteiger partial charge in [0.25, 0.3) is 0 Å². The Morgan fingerprint density at radius 3 is 2.52 bits per heavy atom. The average molecular weight is 319 g/mol. The normalized spacial score (nSPS) is 11.8. The topological polar surface area (TPSA) is 92.6 Å². The van der Waals surface area contributed by atoms with Crippen LogP contribution < -0.4 is 4.72 Å². The quantitative estimate of drug-likeness (QED) is 0.443. The van der Waals surface area contributed by atoms with Gasteiger partial charge in [-0.05, 0) is 39.5 Å². The zero-order chi connectivity index (χ0) is 16.0. The molecule has 7 nitrogen and oxygen atoms in total. The molecule has 21 heavy (non-hydrogen) atoms. The lowest BCUT2D eigenvalue weighted by Crippen LogP contribution is -2.25. The van der Waals surface area contributed by atoms with Crippen LogP contribution >= 0.6 is 0 Å². The number of hydrogen-bond donors (Lipinski definition) is 1. The maximum atomic E-state index is 13.4. The van der Waals surface area contributed by atoms with Gasteiger partial charge >= 0.3 is 5.69 Å². The molecule has 0 atom stereocenters. The zero-order valence-corrected chi connectivity index (χ0v) is 12.7. The van der Waals surface area contributed by atoms with E-state index in [2.05, 4.69) is 4.72 Å². The van der Waals surface area contributed by atoms with Crippen molar-refractivity contribution in [2.24, 2.45) is 0 Å². The first-order valence-corrected chi connectivity index (χ1v) is 7.80. The molecule has 118 valence electrons. The molecule has 0 unspecified atom stereocenters. The van der Waals surface area contributed by atoms with Crippen LogP contribution in [0, 0.1) is 15.9 Å². The standard InChI is InChI=1S/C12H18FN3O4S/c1-15(2)8-4-3-7-14-21(19,20)10-5-6-12(16(17)18)11(13)9-10/h5-6,9,14H,3-4,7-8H2,1-2H3. The highest BCUT2D eigenvalue weighted by Gasteiger charge is 2.20. The van der Waals surface area contributed by atoms with E-state index < -0.39 is 26.5 Å². The first-order valence-electron chi connectivity index (χ1n) is 6.32. The fourth-order valence-electron chi connectivity index (χ4n) is 1.65. The van der Waals surface area contributed by atoms with Crippen LogP contribution in [0.4, 0.5) is 10.1 Å². The predicted octanol–water partition coefficient (Wildman–Crippen LogP) is 1.35. The smallest absolute Gasteiger partial charge is 0.304 e. The van der Waals surface area contributed by atoms with E-state index in [9.17, 15) is 22.9 Å². The third-order valence-corrected chi connectivity index (χ3v) is 4.21. The van der Waals surface area contributed by atoms with Gasteiger partial charge in [0.1, 0.15) is 0 Å². The van der Waals surface area contributed by atoms with Crippen LogP contribution in [0.2, 0.25) is 0 Å². The van der Waals surface area contributed by atoms with Crippen molar-refractivity contribution in [1.29, 1.82) is 0 Å². The number of nitrogens with zero attached hydrogens (tertiary/aromatic N) is 2. The van der Waals surface area contributed by atoms with Gasteiger partial charge in [0.05, 0.1) is 9.82 Å². The first kappa shape index (κ1) is 17.5. The summed E-state index contributed by atoms with van der Waals surface area (Å²) in [4.78, 5) is 11.2. The lowest BCUT2D eigenvalue weighted by Gasteiger charge is -2.10. The molecule has 0 aliphatic carbocycles. The minimum atomic E-state index is -3.85. The summed E-state index contributed by atoms with van der Waals surface area (Å²) in [6.45, 7) is 1.07. The Labute approximate surface area is 123 Å². The van der Waals surface area contributed by atoms with Gasteiger partial charge in [0.2, 0.25) is 15.8 Å². The number of sulfonamides is 1. The first-order chi connectivity index (χ1) is 9.74. The van der Waals surface area contributed by atoms with Crippen LogP contribution in [0.15, 0.2) is 23.1 Å². The SMILES string of the molecule is CN(C)CCCCNS(=O)(=O)c1ccc([N+](=O)[O-])c(F)c1. The lowest BCUT2D eigenvalue weighted by atomic mass is 10.3. The van der Waals surface area contributed by atoms with Crippen LogP contribution in [0.25, 0.3) is 0 Å². The fraction of sp³-hybridized carbons (Fsp3) is 0.500. The molecule has 0 fully saturated rings. The van der Waals surface area contributed by atoms with Crippen molar-refractivity contribution in [3.8, 4) is 0 Å². The summed E-state index contributed by atoms with van der Waals surface area (Å²) >= 11 is 0. The number of nitrogens with one attached hydrogen (secondary N) is 1. The van der Waals surface area contributed by atoms with Crippen molar-refractivity contribution in [3.63, 3.8) is 0 Å². The molecule has 0 aliphatic heterocycles. The maximum Gasteiger partial charge on any atom is 0.304 e. The van der Waals surface area contributed by atoms with Crippen LogP contribution in [0.5, 0.6) is 0 Å².